The first kappa shape index (κ1) is 19.3. The molecule has 1 saturated carbocycles. The molecule has 1 aliphatic carbocycles. The van der Waals surface area contributed by atoms with Gasteiger partial charge in [0.15, 0.2) is 0 Å². The summed E-state index contributed by atoms with van der Waals surface area (Å²) in [4.78, 5) is 38.4. The Labute approximate surface area is 166 Å². The average Bonchev–Trinajstić information content (AvgIpc) is 3.56. The summed E-state index contributed by atoms with van der Waals surface area (Å²) in [7, 11) is 0. The number of carbonyl (C=O) groups is 2. The van der Waals surface area contributed by atoms with Crippen molar-refractivity contribution in [1.82, 2.24) is 19.8 Å². The molecule has 0 unspecified atom stereocenters. The number of carbonyl (C=O) groups excluding carboxylic acids is 2. The van der Waals surface area contributed by atoms with E-state index in [9.17, 15) is 9.59 Å². The molecule has 0 aromatic carbocycles. The fourth-order valence-corrected chi connectivity index (χ4v) is 4.26. The van der Waals surface area contributed by atoms with Gasteiger partial charge in [-0.2, -0.15) is 0 Å². The molecule has 2 aliphatic heterocycles. The van der Waals surface area contributed by atoms with E-state index in [1.54, 1.807) is 0 Å². The summed E-state index contributed by atoms with van der Waals surface area (Å²) in [5.74, 6) is 1.70. The number of ether oxygens (including phenoxy) is 1. The lowest BCUT2D eigenvalue weighted by Gasteiger charge is -2.32. The van der Waals surface area contributed by atoms with E-state index in [0.29, 0.717) is 38.6 Å². The Morgan fingerprint density at radius 1 is 1.00 bits per heavy atom. The van der Waals surface area contributed by atoms with Crippen LogP contribution in [-0.4, -0.2) is 71.0 Å². The van der Waals surface area contributed by atoms with Gasteiger partial charge in [0.2, 0.25) is 11.8 Å². The maximum absolute atomic E-state index is 12.6. The highest BCUT2D eigenvalue weighted by Crippen LogP contribution is 2.34. The van der Waals surface area contributed by atoms with E-state index < -0.39 is 0 Å². The predicted octanol–water partition coefficient (Wildman–Crippen LogP) is 1.61. The topological polar surface area (TPSA) is 75.6 Å². The van der Waals surface area contributed by atoms with Crippen LogP contribution in [-0.2, 0) is 20.7 Å². The van der Waals surface area contributed by atoms with E-state index in [1.165, 1.54) is 0 Å². The molecule has 0 radical (unpaired) electrons. The molecule has 152 valence electrons. The fraction of sp³-hybridized carbons (Fsp3) is 0.714. The maximum Gasteiger partial charge on any atom is 0.227 e. The molecule has 0 spiro atoms. The third-order valence-corrected chi connectivity index (χ3v) is 6.15. The van der Waals surface area contributed by atoms with Gasteiger partial charge in [-0.3, -0.25) is 9.59 Å². The average molecular weight is 386 g/mol. The second-order valence-corrected chi connectivity index (χ2v) is 8.30. The highest BCUT2D eigenvalue weighted by atomic mass is 16.5. The van der Waals surface area contributed by atoms with Crippen LogP contribution in [0, 0.1) is 19.8 Å². The fourth-order valence-electron chi connectivity index (χ4n) is 4.26. The largest absolute Gasteiger partial charge is 0.378 e. The standard InChI is InChI=1S/C21H30N4O3/c1-14-18(12-19(26)24-8-10-28-11-9-24)15(2)23-20(22-14)17-4-3-7-25(13-17)21(27)16-5-6-16/h16-17H,3-13H2,1-2H3/t17-/m0/s1. The van der Waals surface area contributed by atoms with Gasteiger partial charge in [-0.1, -0.05) is 0 Å². The molecule has 2 amide bonds. The van der Waals surface area contributed by atoms with Gasteiger partial charge in [0.05, 0.1) is 19.6 Å². The summed E-state index contributed by atoms with van der Waals surface area (Å²) in [5.41, 5.74) is 2.70. The molecule has 7 heteroatoms. The van der Waals surface area contributed by atoms with Gasteiger partial charge in [0.25, 0.3) is 0 Å². The Hall–Kier alpha value is -2.02. The van der Waals surface area contributed by atoms with E-state index in [2.05, 4.69) is 0 Å². The van der Waals surface area contributed by atoms with Crippen LogP contribution in [0.5, 0.6) is 0 Å². The molecular weight excluding hydrogens is 356 g/mol. The van der Waals surface area contributed by atoms with Gasteiger partial charge in [-0.25, -0.2) is 9.97 Å². The van der Waals surface area contributed by atoms with Crippen molar-refractivity contribution < 1.29 is 14.3 Å². The van der Waals surface area contributed by atoms with Crippen LogP contribution >= 0.6 is 0 Å². The summed E-state index contributed by atoms with van der Waals surface area (Å²) < 4.78 is 5.33. The van der Waals surface area contributed by atoms with Crippen molar-refractivity contribution in [3.8, 4) is 0 Å². The van der Waals surface area contributed by atoms with Crippen molar-refractivity contribution >= 4 is 11.8 Å². The van der Waals surface area contributed by atoms with Crippen molar-refractivity contribution in [3.05, 3.63) is 22.8 Å². The Morgan fingerprint density at radius 3 is 2.32 bits per heavy atom. The third-order valence-electron chi connectivity index (χ3n) is 6.15. The molecular formula is C21H30N4O3. The Kier molecular flexibility index (Phi) is 5.62. The van der Waals surface area contributed by atoms with Crippen molar-refractivity contribution in [3.63, 3.8) is 0 Å². The van der Waals surface area contributed by atoms with Crippen LogP contribution in [0.25, 0.3) is 0 Å². The predicted molar refractivity (Wildman–Crippen MR) is 104 cm³/mol. The minimum atomic E-state index is 0.115. The lowest BCUT2D eigenvalue weighted by atomic mass is 9.96. The van der Waals surface area contributed by atoms with Gasteiger partial charge in [-0.05, 0) is 39.5 Å². The number of aryl methyl sites for hydroxylation is 2. The molecule has 3 fully saturated rings. The van der Waals surface area contributed by atoms with Crippen LogP contribution in [0.3, 0.4) is 0 Å². The molecule has 1 atom stereocenters. The summed E-state index contributed by atoms with van der Waals surface area (Å²) >= 11 is 0. The van der Waals surface area contributed by atoms with Crippen LogP contribution < -0.4 is 0 Å². The first-order chi connectivity index (χ1) is 13.5. The van der Waals surface area contributed by atoms with Crippen LogP contribution in [0.4, 0.5) is 0 Å². The highest BCUT2D eigenvalue weighted by Gasteiger charge is 2.36. The van der Waals surface area contributed by atoms with E-state index in [0.717, 1.165) is 61.5 Å². The zero-order valence-corrected chi connectivity index (χ0v) is 16.9. The summed E-state index contributed by atoms with van der Waals surface area (Å²) in [6, 6.07) is 0. The van der Waals surface area contributed by atoms with Crippen LogP contribution in [0.2, 0.25) is 0 Å². The van der Waals surface area contributed by atoms with Crippen molar-refractivity contribution in [1.29, 1.82) is 0 Å². The van der Waals surface area contributed by atoms with E-state index in [-0.39, 0.29) is 17.7 Å². The second kappa shape index (κ2) is 8.15. The quantitative estimate of drug-likeness (QED) is 0.786. The minimum Gasteiger partial charge on any atom is -0.378 e. The zero-order chi connectivity index (χ0) is 19.7. The monoisotopic (exact) mass is 386 g/mol. The van der Waals surface area contributed by atoms with Crippen LogP contribution in [0.15, 0.2) is 0 Å². The molecule has 2 saturated heterocycles. The van der Waals surface area contributed by atoms with Gasteiger partial charge < -0.3 is 14.5 Å². The van der Waals surface area contributed by atoms with Crippen LogP contribution in [0.1, 0.15) is 54.4 Å². The van der Waals surface area contributed by atoms with E-state index in [1.807, 2.05) is 23.6 Å². The maximum atomic E-state index is 12.6. The number of nitrogens with zero attached hydrogens (tertiary/aromatic N) is 4. The number of amides is 2. The van der Waals surface area contributed by atoms with Gasteiger partial charge in [0.1, 0.15) is 5.82 Å². The number of piperidine rings is 1. The zero-order valence-electron chi connectivity index (χ0n) is 16.9. The van der Waals surface area contributed by atoms with E-state index >= 15 is 0 Å². The van der Waals surface area contributed by atoms with Crippen molar-refractivity contribution in [2.24, 2.45) is 5.92 Å². The lowest BCUT2D eigenvalue weighted by Crippen LogP contribution is -2.41. The molecule has 3 heterocycles. The lowest BCUT2D eigenvalue weighted by molar-refractivity contribution is -0.135. The number of hydrogen-bond donors (Lipinski definition) is 0. The van der Waals surface area contributed by atoms with E-state index in [4.69, 9.17) is 14.7 Å². The molecule has 4 rings (SSSR count). The summed E-state index contributed by atoms with van der Waals surface area (Å²) in [5, 5.41) is 0. The number of morpholine rings is 1. The summed E-state index contributed by atoms with van der Waals surface area (Å²) in [6.45, 7) is 8.04. The molecule has 28 heavy (non-hydrogen) atoms. The number of hydrogen-bond acceptors (Lipinski definition) is 5. The number of likely N-dealkylation sites (tertiary alicyclic amines) is 1. The Balaban J connectivity index is 1.45. The highest BCUT2D eigenvalue weighted by molar-refractivity contribution is 5.81. The Bertz CT molecular complexity index is 733. The Morgan fingerprint density at radius 2 is 1.68 bits per heavy atom. The normalized spacial score (nSPS) is 23.0. The SMILES string of the molecule is Cc1nc([C@H]2CCCN(C(=O)C3CC3)C2)nc(C)c1CC(=O)N1CCOCC1. The number of aromatic nitrogens is 2. The molecule has 7 nitrogen and oxygen atoms in total. The van der Waals surface area contributed by atoms with Gasteiger partial charge in [-0.15, -0.1) is 0 Å². The summed E-state index contributed by atoms with van der Waals surface area (Å²) in [6.07, 6.45) is 4.44. The third kappa shape index (κ3) is 4.19. The molecule has 3 aliphatic rings. The van der Waals surface area contributed by atoms with Gasteiger partial charge in [0, 0.05) is 55.0 Å². The molecule has 0 bridgehead atoms. The molecule has 1 aromatic rings. The first-order valence-electron chi connectivity index (χ1n) is 10.5. The van der Waals surface area contributed by atoms with Crippen molar-refractivity contribution in [2.75, 3.05) is 39.4 Å². The van der Waals surface area contributed by atoms with Crippen molar-refractivity contribution in [2.45, 2.75) is 51.9 Å². The minimum absolute atomic E-state index is 0.115. The smallest absolute Gasteiger partial charge is 0.227 e. The number of rotatable bonds is 4. The first-order valence-corrected chi connectivity index (χ1v) is 10.5. The van der Waals surface area contributed by atoms with Gasteiger partial charge >= 0.3 is 0 Å². The molecule has 1 aromatic heterocycles. The molecule has 0 N–H and O–H groups in total. The second-order valence-electron chi connectivity index (χ2n) is 8.30.